The number of nitrogens with one attached hydrogen (secondary N) is 2. The fourth-order valence-electron chi connectivity index (χ4n) is 3.37. The lowest BCUT2D eigenvalue weighted by molar-refractivity contribution is -0.117. The smallest absolute Gasteiger partial charge is 0.253 e. The quantitative estimate of drug-likeness (QED) is 0.810. The minimum Gasteiger partial charge on any atom is -0.371 e. The van der Waals surface area contributed by atoms with Crippen LogP contribution in [0, 0.1) is 5.92 Å². The molecule has 3 rings (SSSR count). The van der Waals surface area contributed by atoms with E-state index in [0.29, 0.717) is 5.56 Å². The molecule has 1 aliphatic carbocycles. The van der Waals surface area contributed by atoms with Gasteiger partial charge in [0.25, 0.3) is 5.91 Å². The van der Waals surface area contributed by atoms with Gasteiger partial charge in [-0.15, -0.1) is 0 Å². The van der Waals surface area contributed by atoms with Crippen LogP contribution >= 0.6 is 0 Å². The molecule has 142 valence electrons. The van der Waals surface area contributed by atoms with Crippen LogP contribution in [0.2, 0.25) is 0 Å². The molecule has 5 heteroatoms. The maximum absolute atomic E-state index is 12.8. The van der Waals surface area contributed by atoms with Crippen LogP contribution in [0.1, 0.15) is 69.2 Å². The zero-order valence-corrected chi connectivity index (χ0v) is 16.0. The number of carbonyl (C=O) groups is 2. The molecule has 0 aromatic heterocycles. The summed E-state index contributed by atoms with van der Waals surface area (Å²) in [6.07, 6.45) is 7.64. The second-order valence-corrected chi connectivity index (χ2v) is 7.68. The van der Waals surface area contributed by atoms with Crippen LogP contribution in [0.15, 0.2) is 18.2 Å². The van der Waals surface area contributed by atoms with Crippen molar-refractivity contribution in [3.8, 4) is 0 Å². The summed E-state index contributed by atoms with van der Waals surface area (Å²) in [6, 6.07) is 5.85. The summed E-state index contributed by atoms with van der Waals surface area (Å²) in [5.74, 6) is 0.243. The molecule has 5 nitrogen and oxygen atoms in total. The molecule has 1 aromatic carbocycles. The number of nitrogens with zero attached hydrogens (tertiary/aromatic N) is 1. The number of rotatable bonds is 6. The van der Waals surface area contributed by atoms with E-state index in [-0.39, 0.29) is 23.8 Å². The average molecular weight is 357 g/mol. The Morgan fingerprint density at radius 1 is 1.15 bits per heavy atom. The van der Waals surface area contributed by atoms with Crippen molar-refractivity contribution in [1.82, 2.24) is 5.32 Å². The summed E-state index contributed by atoms with van der Waals surface area (Å²) in [6.45, 7) is 6.01. The van der Waals surface area contributed by atoms with E-state index < -0.39 is 0 Å². The number of hydrogen-bond acceptors (Lipinski definition) is 3. The summed E-state index contributed by atoms with van der Waals surface area (Å²) < 4.78 is 0. The Balaban J connectivity index is 1.85. The molecule has 1 aromatic rings. The van der Waals surface area contributed by atoms with Crippen molar-refractivity contribution in [2.75, 3.05) is 23.3 Å². The van der Waals surface area contributed by atoms with Crippen molar-refractivity contribution >= 4 is 23.2 Å². The highest BCUT2D eigenvalue weighted by Crippen LogP contribution is 2.32. The summed E-state index contributed by atoms with van der Waals surface area (Å²) in [7, 11) is 0. The third-order valence-electron chi connectivity index (χ3n) is 5.39. The first kappa shape index (κ1) is 18.7. The maximum Gasteiger partial charge on any atom is 0.253 e. The second kappa shape index (κ2) is 8.56. The first-order valence-corrected chi connectivity index (χ1v) is 10.1. The maximum atomic E-state index is 12.8. The van der Waals surface area contributed by atoms with E-state index in [4.69, 9.17) is 0 Å². The number of amides is 2. The van der Waals surface area contributed by atoms with Gasteiger partial charge in [-0.1, -0.05) is 19.8 Å². The molecule has 1 aliphatic heterocycles. The number of benzene rings is 1. The summed E-state index contributed by atoms with van der Waals surface area (Å²) in [4.78, 5) is 27.2. The Bertz CT molecular complexity index is 647. The highest BCUT2D eigenvalue weighted by Gasteiger charge is 2.30. The molecular formula is C21H31N3O2. The van der Waals surface area contributed by atoms with Crippen LogP contribution in [0.3, 0.4) is 0 Å². The number of anilines is 2. The molecule has 0 spiro atoms. The van der Waals surface area contributed by atoms with E-state index >= 15 is 0 Å². The average Bonchev–Trinajstić information content (AvgIpc) is 3.48. The molecule has 2 N–H and O–H groups in total. The molecule has 1 saturated carbocycles. The van der Waals surface area contributed by atoms with Crippen molar-refractivity contribution in [2.45, 2.75) is 64.8 Å². The van der Waals surface area contributed by atoms with Gasteiger partial charge in [0.05, 0.1) is 11.3 Å². The Morgan fingerprint density at radius 2 is 1.85 bits per heavy atom. The third-order valence-corrected chi connectivity index (χ3v) is 5.39. The molecule has 2 amide bonds. The highest BCUT2D eigenvalue weighted by atomic mass is 16.2. The third kappa shape index (κ3) is 4.77. The van der Waals surface area contributed by atoms with Gasteiger partial charge in [0.1, 0.15) is 0 Å². The predicted molar refractivity (Wildman–Crippen MR) is 106 cm³/mol. The van der Waals surface area contributed by atoms with E-state index in [1.165, 1.54) is 12.8 Å². The predicted octanol–water partition coefficient (Wildman–Crippen LogP) is 3.94. The normalized spacial score (nSPS) is 18.8. The summed E-state index contributed by atoms with van der Waals surface area (Å²) >= 11 is 0. The van der Waals surface area contributed by atoms with Gasteiger partial charge in [-0.05, 0) is 57.2 Å². The number of carbonyl (C=O) groups excluding carboxylic acids is 2. The van der Waals surface area contributed by atoms with Crippen LogP contribution < -0.4 is 15.5 Å². The SMILES string of the molecule is CC[C@H](C)NC(=O)c1ccc(NC(=O)C2CC2)cc1N1CCCCCC1. The standard InChI is InChI=1S/C21H31N3O2/c1-3-15(2)22-21(26)18-11-10-17(23-20(25)16-8-9-16)14-19(18)24-12-6-4-5-7-13-24/h10-11,14-16H,3-9,12-13H2,1-2H3,(H,22,26)(H,23,25)/t15-/m0/s1. The van der Waals surface area contributed by atoms with E-state index in [0.717, 1.165) is 56.6 Å². The fraction of sp³-hybridized carbons (Fsp3) is 0.619. The minimum atomic E-state index is -0.0290. The van der Waals surface area contributed by atoms with Gasteiger partial charge in [0.2, 0.25) is 5.91 Å². The Kier molecular flexibility index (Phi) is 6.17. The van der Waals surface area contributed by atoms with Crippen LogP contribution in [0.5, 0.6) is 0 Å². The molecule has 1 heterocycles. The van der Waals surface area contributed by atoms with E-state index in [1.54, 1.807) is 0 Å². The van der Waals surface area contributed by atoms with Gasteiger partial charge >= 0.3 is 0 Å². The summed E-state index contributed by atoms with van der Waals surface area (Å²) in [5, 5.41) is 6.10. The minimum absolute atomic E-state index is 0.0290. The van der Waals surface area contributed by atoms with Gasteiger partial charge < -0.3 is 15.5 Å². The van der Waals surface area contributed by atoms with Crippen molar-refractivity contribution in [3.05, 3.63) is 23.8 Å². The van der Waals surface area contributed by atoms with E-state index in [1.807, 2.05) is 25.1 Å². The van der Waals surface area contributed by atoms with Gasteiger partial charge in [0.15, 0.2) is 0 Å². The van der Waals surface area contributed by atoms with Gasteiger partial charge in [-0.2, -0.15) is 0 Å². The van der Waals surface area contributed by atoms with Crippen molar-refractivity contribution < 1.29 is 9.59 Å². The molecular weight excluding hydrogens is 326 g/mol. The van der Waals surface area contributed by atoms with E-state index in [9.17, 15) is 9.59 Å². The monoisotopic (exact) mass is 357 g/mol. The van der Waals surface area contributed by atoms with Crippen LogP contribution in [0.4, 0.5) is 11.4 Å². The Hall–Kier alpha value is -2.04. The molecule has 0 radical (unpaired) electrons. The molecule has 2 aliphatic rings. The zero-order valence-electron chi connectivity index (χ0n) is 16.0. The lowest BCUT2D eigenvalue weighted by atomic mass is 10.1. The van der Waals surface area contributed by atoms with Crippen LogP contribution in [-0.2, 0) is 4.79 Å². The fourth-order valence-corrected chi connectivity index (χ4v) is 3.37. The highest BCUT2D eigenvalue weighted by molar-refractivity contribution is 6.02. The largest absolute Gasteiger partial charge is 0.371 e. The van der Waals surface area contributed by atoms with Crippen molar-refractivity contribution in [2.24, 2.45) is 5.92 Å². The van der Waals surface area contributed by atoms with Crippen molar-refractivity contribution in [1.29, 1.82) is 0 Å². The lowest BCUT2D eigenvalue weighted by Crippen LogP contribution is -2.34. The molecule has 26 heavy (non-hydrogen) atoms. The Morgan fingerprint density at radius 3 is 2.46 bits per heavy atom. The zero-order chi connectivity index (χ0) is 18.5. The van der Waals surface area contributed by atoms with Gasteiger partial charge in [-0.3, -0.25) is 9.59 Å². The Labute approximate surface area is 156 Å². The molecule has 2 fully saturated rings. The molecule has 0 bridgehead atoms. The topological polar surface area (TPSA) is 61.4 Å². The molecule has 0 unspecified atom stereocenters. The molecule has 1 saturated heterocycles. The van der Waals surface area contributed by atoms with E-state index in [2.05, 4.69) is 22.5 Å². The molecule has 1 atom stereocenters. The van der Waals surface area contributed by atoms with Crippen molar-refractivity contribution in [3.63, 3.8) is 0 Å². The van der Waals surface area contributed by atoms with Crippen LogP contribution in [-0.4, -0.2) is 30.9 Å². The lowest BCUT2D eigenvalue weighted by Gasteiger charge is -2.26. The summed E-state index contributed by atoms with van der Waals surface area (Å²) in [5.41, 5.74) is 2.44. The first-order valence-electron chi connectivity index (χ1n) is 10.1. The van der Waals surface area contributed by atoms with Gasteiger partial charge in [0, 0.05) is 30.7 Å². The van der Waals surface area contributed by atoms with Gasteiger partial charge in [-0.25, -0.2) is 0 Å². The van der Waals surface area contributed by atoms with Crippen LogP contribution in [0.25, 0.3) is 0 Å². The number of hydrogen-bond donors (Lipinski definition) is 2. The first-order chi connectivity index (χ1) is 12.6. The second-order valence-electron chi connectivity index (χ2n) is 7.68.